The second-order valence-electron chi connectivity index (χ2n) is 2.73. The van der Waals surface area contributed by atoms with Crippen LogP contribution in [0.3, 0.4) is 0 Å². The molecule has 1 atom stereocenters. The molecule has 1 aliphatic heterocycles. The number of epoxide rings is 1. The summed E-state index contributed by atoms with van der Waals surface area (Å²) in [4.78, 5) is 10.3. The van der Waals surface area contributed by atoms with Crippen LogP contribution in [0.5, 0.6) is 0 Å². The molecule has 0 amide bonds. The third-order valence-electron chi connectivity index (χ3n) is 1.35. The van der Waals surface area contributed by atoms with Gasteiger partial charge in [-0.2, -0.15) is 0 Å². The molecule has 1 aliphatic rings. The van der Waals surface area contributed by atoms with Gasteiger partial charge in [-0.25, -0.2) is 4.79 Å². The van der Waals surface area contributed by atoms with Crippen LogP contribution in [0.4, 0.5) is 0 Å². The second-order valence-corrected chi connectivity index (χ2v) is 2.73. The van der Waals surface area contributed by atoms with E-state index in [1.54, 1.807) is 13.0 Å². The lowest BCUT2D eigenvalue weighted by atomic mass is 10.5. The largest absolute Gasteiger partial charge is 0.460 e. The highest BCUT2D eigenvalue weighted by molar-refractivity contribution is 5.81. The average Bonchev–Trinajstić information content (AvgIpc) is 2.98. The van der Waals surface area contributed by atoms with Gasteiger partial charge in [0.05, 0.1) is 6.61 Å². The Morgan fingerprint density at radius 2 is 2.33 bits per heavy atom. The van der Waals surface area contributed by atoms with Gasteiger partial charge in [0.25, 0.3) is 0 Å². The van der Waals surface area contributed by atoms with Crippen LogP contribution in [-0.2, 0) is 14.3 Å². The molecule has 15 heavy (non-hydrogen) atoms. The number of hydrogen-bond acceptors (Lipinski definition) is 5. The van der Waals surface area contributed by atoms with Crippen LogP contribution in [0.1, 0.15) is 6.92 Å². The molecular weight excluding hydrogens is 200 g/mol. The fourth-order valence-corrected chi connectivity index (χ4v) is 0.570. The molecule has 5 nitrogen and oxygen atoms in total. The van der Waals surface area contributed by atoms with Crippen molar-refractivity contribution in [1.29, 1.82) is 0 Å². The molecule has 5 heteroatoms. The van der Waals surface area contributed by atoms with E-state index in [-0.39, 0.29) is 12.1 Å². The van der Waals surface area contributed by atoms with Gasteiger partial charge in [0.15, 0.2) is 6.29 Å². The van der Waals surface area contributed by atoms with E-state index in [2.05, 4.69) is 11.3 Å². The lowest BCUT2D eigenvalue weighted by molar-refractivity contribution is -0.138. The van der Waals surface area contributed by atoms with Crippen molar-refractivity contribution in [2.45, 2.75) is 19.3 Å². The van der Waals surface area contributed by atoms with E-state index in [0.29, 0.717) is 13.2 Å². The van der Waals surface area contributed by atoms with Crippen molar-refractivity contribution in [2.24, 2.45) is 0 Å². The number of aliphatic hydroxyl groups excluding tert-OH is 1. The number of carbonyl (C=O) groups is 1. The van der Waals surface area contributed by atoms with Crippen molar-refractivity contribution in [3.8, 4) is 0 Å². The molecule has 0 aromatic heterocycles. The fraction of sp³-hybridized carbons (Fsp3) is 0.500. The maximum atomic E-state index is 10.3. The summed E-state index contributed by atoms with van der Waals surface area (Å²) in [6.45, 7) is 6.04. The van der Waals surface area contributed by atoms with Crippen LogP contribution in [0.25, 0.3) is 0 Å². The summed E-state index contributed by atoms with van der Waals surface area (Å²) in [5.41, 5.74) is 0. The van der Waals surface area contributed by atoms with Crippen LogP contribution in [-0.4, -0.2) is 41.8 Å². The van der Waals surface area contributed by atoms with Crippen LogP contribution in [0.2, 0.25) is 0 Å². The zero-order chi connectivity index (χ0) is 11.7. The van der Waals surface area contributed by atoms with E-state index >= 15 is 0 Å². The van der Waals surface area contributed by atoms with Crippen LogP contribution in [0, 0.1) is 0 Å². The highest BCUT2D eigenvalue weighted by atomic mass is 16.6. The Hall–Kier alpha value is -1.17. The van der Waals surface area contributed by atoms with Gasteiger partial charge in [-0.3, -0.25) is 0 Å². The quantitative estimate of drug-likeness (QED) is 0.227. The molecule has 0 radical (unpaired) electrons. The molecule has 0 aromatic rings. The number of rotatable bonds is 4. The molecule has 0 spiro atoms. The Bertz CT molecular complexity index is 218. The van der Waals surface area contributed by atoms with Crippen LogP contribution in [0.15, 0.2) is 24.8 Å². The van der Waals surface area contributed by atoms with Gasteiger partial charge in [-0.15, -0.1) is 0 Å². The monoisotopic (exact) mass is 216 g/mol. The van der Waals surface area contributed by atoms with Crippen molar-refractivity contribution in [2.75, 3.05) is 13.2 Å². The number of carbonyl (C=O) groups excluding carboxylic acids is 1. The van der Waals surface area contributed by atoms with Gasteiger partial charge in [-0.05, 0) is 13.0 Å². The van der Waals surface area contributed by atoms with Gasteiger partial charge in [0, 0.05) is 6.08 Å². The lowest BCUT2D eigenvalue weighted by Gasteiger charge is -1.94. The first-order valence-electron chi connectivity index (χ1n) is 4.50. The normalized spacial score (nSPS) is 18.3. The molecule has 1 unspecified atom stereocenters. The summed E-state index contributed by atoms with van der Waals surface area (Å²) < 4.78 is 9.42. The van der Waals surface area contributed by atoms with E-state index in [1.165, 1.54) is 6.08 Å². The molecule has 0 bridgehead atoms. The number of esters is 1. The summed E-state index contributed by atoms with van der Waals surface area (Å²) >= 11 is 0. The van der Waals surface area contributed by atoms with E-state index in [4.69, 9.17) is 14.9 Å². The van der Waals surface area contributed by atoms with Gasteiger partial charge in [0.2, 0.25) is 0 Å². The number of aliphatic hydroxyl groups is 2. The number of ether oxygens (including phenoxy) is 2. The van der Waals surface area contributed by atoms with E-state index < -0.39 is 6.29 Å². The number of allylic oxidation sites excluding steroid dienone is 1. The lowest BCUT2D eigenvalue weighted by Crippen LogP contribution is -2.06. The van der Waals surface area contributed by atoms with E-state index in [1.807, 2.05) is 0 Å². The second kappa shape index (κ2) is 8.16. The van der Waals surface area contributed by atoms with Gasteiger partial charge >= 0.3 is 5.97 Å². The van der Waals surface area contributed by atoms with Crippen LogP contribution < -0.4 is 0 Å². The van der Waals surface area contributed by atoms with E-state index in [0.717, 1.165) is 6.08 Å². The maximum absolute atomic E-state index is 10.3. The predicted octanol–water partition coefficient (Wildman–Crippen LogP) is -0.0124. The van der Waals surface area contributed by atoms with Crippen molar-refractivity contribution < 1.29 is 24.5 Å². The molecule has 1 fully saturated rings. The third-order valence-corrected chi connectivity index (χ3v) is 1.35. The summed E-state index contributed by atoms with van der Waals surface area (Å²) in [5, 5.41) is 16.0. The predicted molar refractivity (Wildman–Crippen MR) is 53.9 cm³/mol. The zero-order valence-corrected chi connectivity index (χ0v) is 8.63. The molecule has 86 valence electrons. The van der Waals surface area contributed by atoms with Crippen molar-refractivity contribution in [1.82, 2.24) is 0 Å². The summed E-state index contributed by atoms with van der Waals surface area (Å²) in [7, 11) is 0. The molecule has 0 aromatic carbocycles. The van der Waals surface area contributed by atoms with Crippen molar-refractivity contribution in [3.05, 3.63) is 24.8 Å². The Morgan fingerprint density at radius 1 is 1.73 bits per heavy atom. The van der Waals surface area contributed by atoms with Gasteiger partial charge in [-0.1, -0.05) is 12.7 Å². The molecule has 2 N–H and O–H groups in total. The highest BCUT2D eigenvalue weighted by Gasteiger charge is 2.23. The minimum Gasteiger partial charge on any atom is -0.460 e. The average molecular weight is 216 g/mol. The topological polar surface area (TPSA) is 79.3 Å². The molecule has 1 rings (SSSR count). The van der Waals surface area contributed by atoms with Gasteiger partial charge in [0.1, 0.15) is 12.7 Å². The third kappa shape index (κ3) is 10.8. The molecule has 0 saturated carbocycles. The van der Waals surface area contributed by atoms with Crippen molar-refractivity contribution >= 4 is 5.97 Å². The van der Waals surface area contributed by atoms with E-state index in [9.17, 15) is 4.79 Å². The van der Waals surface area contributed by atoms with Gasteiger partial charge < -0.3 is 19.7 Å². The minimum absolute atomic E-state index is 0.147. The molecular formula is C10H16O5. The fourth-order valence-electron chi connectivity index (χ4n) is 0.570. The number of hydrogen-bond donors (Lipinski definition) is 2. The Labute approximate surface area is 88.6 Å². The first kappa shape index (κ1) is 13.8. The highest BCUT2D eigenvalue weighted by Crippen LogP contribution is 2.08. The van der Waals surface area contributed by atoms with Crippen LogP contribution >= 0.6 is 0 Å². The Kier molecular flexibility index (Phi) is 7.53. The summed E-state index contributed by atoms with van der Waals surface area (Å²) in [6.07, 6.45) is 2.86. The first-order chi connectivity index (χ1) is 7.10. The standard InChI is InChI=1S/C6H8O3.C4H8O2/c1-2-6(7)9-4-5-3-8-5;1-2-3-4(5)6/h2,5H,1,3-4H2;2-6H,1H3. The zero-order valence-electron chi connectivity index (χ0n) is 8.63. The van der Waals surface area contributed by atoms with Crippen molar-refractivity contribution in [3.63, 3.8) is 0 Å². The maximum Gasteiger partial charge on any atom is 0.330 e. The Balaban J connectivity index is 0.000000288. The smallest absolute Gasteiger partial charge is 0.330 e. The SMILES string of the molecule is C=CC(=O)OCC1CO1.CC=CC(O)O. The molecule has 1 saturated heterocycles. The summed E-state index contributed by atoms with van der Waals surface area (Å²) in [5.74, 6) is -0.384. The molecule has 1 heterocycles. The first-order valence-corrected chi connectivity index (χ1v) is 4.50. The minimum atomic E-state index is -1.28. The summed E-state index contributed by atoms with van der Waals surface area (Å²) in [6, 6.07) is 0. The Morgan fingerprint density at radius 3 is 2.60 bits per heavy atom. The molecule has 0 aliphatic carbocycles.